The average molecular weight is 267 g/mol. The highest BCUT2D eigenvalue weighted by Crippen LogP contribution is 2.29. The van der Waals surface area contributed by atoms with Crippen LogP contribution in [-0.4, -0.2) is 13.0 Å². The molecule has 5 heteroatoms. The first kappa shape index (κ1) is 12.0. The Hall–Kier alpha value is -1.52. The average Bonchev–Trinajstić information content (AvgIpc) is 2.75. The second-order valence-electron chi connectivity index (χ2n) is 3.56. The molecule has 2 N–H and O–H groups in total. The fourth-order valence-corrected chi connectivity index (χ4v) is 2.40. The predicted octanol–water partition coefficient (Wildman–Crippen LogP) is 3.26. The molecule has 1 amide bonds. The zero-order chi connectivity index (χ0) is 12.4. The Morgan fingerprint density at radius 1 is 1.24 bits per heavy atom. The maximum Gasteiger partial charge on any atom is 0.258 e. The molecular weight excluding hydrogens is 256 g/mol. The highest BCUT2D eigenvalue weighted by Gasteiger charge is 2.14. The van der Waals surface area contributed by atoms with E-state index in [4.69, 9.17) is 17.3 Å². The van der Waals surface area contributed by atoms with Gasteiger partial charge in [-0.1, -0.05) is 11.6 Å². The van der Waals surface area contributed by atoms with E-state index in [0.29, 0.717) is 15.6 Å². The van der Waals surface area contributed by atoms with Crippen molar-refractivity contribution in [1.29, 1.82) is 0 Å². The number of carbonyl (C=O) groups is 1. The van der Waals surface area contributed by atoms with E-state index >= 15 is 0 Å². The topological polar surface area (TPSA) is 46.3 Å². The second-order valence-corrected chi connectivity index (χ2v) is 5.26. The molecule has 0 aliphatic rings. The highest BCUT2D eigenvalue weighted by atomic mass is 35.5. The molecule has 1 aromatic heterocycles. The van der Waals surface area contributed by atoms with Gasteiger partial charge in [0.2, 0.25) is 0 Å². The summed E-state index contributed by atoms with van der Waals surface area (Å²) in [4.78, 5) is 13.7. The monoisotopic (exact) mass is 266 g/mol. The third-order valence-corrected chi connectivity index (χ3v) is 3.66. The molecule has 2 rings (SSSR count). The van der Waals surface area contributed by atoms with Gasteiger partial charge in [-0.2, -0.15) is 0 Å². The van der Waals surface area contributed by atoms with Crippen molar-refractivity contribution < 1.29 is 4.79 Å². The highest BCUT2D eigenvalue weighted by molar-refractivity contribution is 7.20. The van der Waals surface area contributed by atoms with Gasteiger partial charge in [-0.3, -0.25) is 4.79 Å². The number of benzene rings is 1. The molecule has 88 valence electrons. The Morgan fingerprint density at radius 3 is 2.41 bits per heavy atom. The van der Waals surface area contributed by atoms with E-state index < -0.39 is 0 Å². The van der Waals surface area contributed by atoms with Crippen LogP contribution >= 0.6 is 22.9 Å². The van der Waals surface area contributed by atoms with E-state index in [0.717, 1.165) is 5.00 Å². The van der Waals surface area contributed by atoms with E-state index in [1.54, 1.807) is 42.3 Å². The Labute approximate surface area is 108 Å². The summed E-state index contributed by atoms with van der Waals surface area (Å²) in [6.45, 7) is 0. The summed E-state index contributed by atoms with van der Waals surface area (Å²) in [6.07, 6.45) is 0. The van der Waals surface area contributed by atoms with Crippen LogP contribution in [0.25, 0.3) is 0 Å². The van der Waals surface area contributed by atoms with Crippen LogP contribution in [0.1, 0.15) is 10.4 Å². The second kappa shape index (κ2) is 4.77. The lowest BCUT2D eigenvalue weighted by Crippen LogP contribution is -2.25. The van der Waals surface area contributed by atoms with Gasteiger partial charge in [0.15, 0.2) is 0 Å². The number of halogens is 1. The van der Waals surface area contributed by atoms with Gasteiger partial charge in [0, 0.05) is 18.3 Å². The Morgan fingerprint density at radius 2 is 1.88 bits per heavy atom. The van der Waals surface area contributed by atoms with E-state index in [1.807, 2.05) is 6.07 Å². The van der Waals surface area contributed by atoms with Gasteiger partial charge < -0.3 is 10.6 Å². The number of hydrogen-bond acceptors (Lipinski definition) is 3. The van der Waals surface area contributed by atoms with Crippen molar-refractivity contribution in [2.24, 2.45) is 0 Å². The Balaban J connectivity index is 2.23. The van der Waals surface area contributed by atoms with Gasteiger partial charge >= 0.3 is 0 Å². The number of rotatable bonds is 2. The standard InChI is InChI=1S/C12H11ClN2OS/c1-15(11-7-6-10(13)17-11)12(16)8-2-4-9(14)5-3-8/h2-7H,14H2,1H3. The van der Waals surface area contributed by atoms with Crippen LogP contribution in [0.15, 0.2) is 36.4 Å². The van der Waals surface area contributed by atoms with Gasteiger partial charge in [-0.05, 0) is 36.4 Å². The molecule has 0 saturated carbocycles. The molecule has 0 aliphatic carbocycles. The minimum atomic E-state index is -0.0801. The Kier molecular flexibility index (Phi) is 3.36. The van der Waals surface area contributed by atoms with Crippen LogP contribution < -0.4 is 10.6 Å². The van der Waals surface area contributed by atoms with Crippen LogP contribution in [0.5, 0.6) is 0 Å². The van der Waals surface area contributed by atoms with Crippen LogP contribution in [0.2, 0.25) is 4.34 Å². The van der Waals surface area contributed by atoms with Crippen molar-refractivity contribution >= 4 is 39.5 Å². The first-order chi connectivity index (χ1) is 8.08. The molecule has 17 heavy (non-hydrogen) atoms. The normalized spacial score (nSPS) is 10.2. The van der Waals surface area contributed by atoms with Crippen LogP contribution in [0.4, 0.5) is 10.7 Å². The number of thiophene rings is 1. The zero-order valence-electron chi connectivity index (χ0n) is 9.18. The molecule has 0 aliphatic heterocycles. The number of anilines is 2. The summed E-state index contributed by atoms with van der Waals surface area (Å²) < 4.78 is 0.664. The fraction of sp³-hybridized carbons (Fsp3) is 0.0833. The predicted molar refractivity (Wildman–Crippen MR) is 72.9 cm³/mol. The van der Waals surface area contributed by atoms with E-state index in [-0.39, 0.29) is 5.91 Å². The summed E-state index contributed by atoms with van der Waals surface area (Å²) in [7, 11) is 1.72. The first-order valence-electron chi connectivity index (χ1n) is 4.97. The molecule has 1 aromatic carbocycles. The minimum absolute atomic E-state index is 0.0801. The summed E-state index contributed by atoms with van der Waals surface area (Å²) >= 11 is 7.21. The molecule has 2 aromatic rings. The van der Waals surface area contributed by atoms with E-state index in [9.17, 15) is 4.79 Å². The molecule has 0 atom stereocenters. The van der Waals surface area contributed by atoms with Gasteiger partial charge in [0.25, 0.3) is 5.91 Å². The first-order valence-corrected chi connectivity index (χ1v) is 6.16. The Bertz CT molecular complexity index is 536. The number of nitrogens with zero attached hydrogens (tertiary/aromatic N) is 1. The van der Waals surface area contributed by atoms with Crippen LogP contribution in [-0.2, 0) is 0 Å². The molecule has 1 heterocycles. The molecule has 3 nitrogen and oxygen atoms in total. The molecule has 0 spiro atoms. The number of hydrogen-bond donors (Lipinski definition) is 1. The van der Waals surface area contributed by atoms with Crippen molar-refractivity contribution in [3.05, 3.63) is 46.3 Å². The summed E-state index contributed by atoms with van der Waals surface area (Å²) in [5, 5.41) is 0.817. The lowest BCUT2D eigenvalue weighted by molar-refractivity contribution is 0.0993. The van der Waals surface area contributed by atoms with Crippen molar-refractivity contribution in [3.8, 4) is 0 Å². The number of carbonyl (C=O) groups excluding carboxylic acids is 1. The molecule has 0 fully saturated rings. The number of amides is 1. The number of nitrogen functional groups attached to an aromatic ring is 1. The molecule has 0 unspecified atom stereocenters. The summed E-state index contributed by atoms with van der Waals surface area (Å²) in [5.74, 6) is -0.0801. The maximum atomic E-state index is 12.1. The van der Waals surface area contributed by atoms with Gasteiger partial charge in [-0.15, -0.1) is 11.3 Å². The zero-order valence-corrected chi connectivity index (χ0v) is 10.8. The lowest BCUT2D eigenvalue weighted by atomic mass is 10.2. The number of nitrogens with two attached hydrogens (primary N) is 1. The van der Waals surface area contributed by atoms with Gasteiger partial charge in [0.1, 0.15) is 0 Å². The summed E-state index contributed by atoms with van der Waals surface area (Å²) in [5.41, 5.74) is 6.82. The SMILES string of the molecule is CN(C(=O)c1ccc(N)cc1)c1ccc(Cl)s1. The van der Waals surface area contributed by atoms with Crippen molar-refractivity contribution in [1.82, 2.24) is 0 Å². The van der Waals surface area contributed by atoms with E-state index in [1.165, 1.54) is 11.3 Å². The van der Waals surface area contributed by atoms with Crippen molar-refractivity contribution in [2.75, 3.05) is 17.7 Å². The van der Waals surface area contributed by atoms with Crippen molar-refractivity contribution in [3.63, 3.8) is 0 Å². The van der Waals surface area contributed by atoms with Crippen LogP contribution in [0.3, 0.4) is 0 Å². The maximum absolute atomic E-state index is 12.1. The van der Waals surface area contributed by atoms with Gasteiger partial charge in [0.05, 0.1) is 9.34 Å². The smallest absolute Gasteiger partial charge is 0.258 e. The molecule has 0 bridgehead atoms. The van der Waals surface area contributed by atoms with Crippen LogP contribution in [0, 0.1) is 0 Å². The fourth-order valence-electron chi connectivity index (χ4n) is 1.40. The lowest BCUT2D eigenvalue weighted by Gasteiger charge is -2.14. The third kappa shape index (κ3) is 2.60. The van der Waals surface area contributed by atoms with E-state index in [2.05, 4.69) is 0 Å². The van der Waals surface area contributed by atoms with Crippen molar-refractivity contribution in [2.45, 2.75) is 0 Å². The summed E-state index contributed by atoms with van der Waals surface area (Å²) in [6, 6.07) is 10.4. The molecule has 0 saturated heterocycles. The largest absolute Gasteiger partial charge is 0.399 e. The molecular formula is C12H11ClN2OS. The quantitative estimate of drug-likeness (QED) is 0.848. The molecule has 0 radical (unpaired) electrons. The van der Waals surface area contributed by atoms with Gasteiger partial charge in [-0.25, -0.2) is 0 Å². The third-order valence-electron chi connectivity index (χ3n) is 2.35. The minimum Gasteiger partial charge on any atom is -0.399 e.